The summed E-state index contributed by atoms with van der Waals surface area (Å²) in [5, 5.41) is 2.91. The lowest BCUT2D eigenvalue weighted by molar-refractivity contribution is -0.128. The van der Waals surface area contributed by atoms with Gasteiger partial charge in [-0.15, -0.1) is 0 Å². The van der Waals surface area contributed by atoms with Crippen molar-refractivity contribution in [3.63, 3.8) is 0 Å². The van der Waals surface area contributed by atoms with E-state index in [0.29, 0.717) is 36.5 Å². The lowest BCUT2D eigenvalue weighted by atomic mass is 9.70. The molecule has 6 nitrogen and oxygen atoms in total. The first-order chi connectivity index (χ1) is 15.0. The molecule has 0 radical (unpaired) electrons. The number of ether oxygens (including phenoxy) is 2. The zero-order chi connectivity index (χ0) is 21.8. The Labute approximate surface area is 183 Å². The Kier molecular flexibility index (Phi) is 6.54. The molecule has 1 fully saturated rings. The van der Waals surface area contributed by atoms with Crippen molar-refractivity contribution >= 4 is 11.9 Å². The summed E-state index contributed by atoms with van der Waals surface area (Å²) in [7, 11) is 1.61. The van der Waals surface area contributed by atoms with Crippen LogP contribution in [0.25, 0.3) is 0 Å². The highest BCUT2D eigenvalue weighted by Gasteiger charge is 2.40. The molecule has 0 spiro atoms. The number of benzene rings is 1. The predicted octanol–water partition coefficient (Wildman–Crippen LogP) is 4.28. The highest BCUT2D eigenvalue weighted by molar-refractivity contribution is 5.82. The molecule has 2 aromatic rings. The zero-order valence-corrected chi connectivity index (χ0v) is 18.2. The smallest absolute Gasteiger partial charge is 0.407 e. The van der Waals surface area contributed by atoms with Crippen LogP contribution in [0.5, 0.6) is 5.88 Å². The van der Waals surface area contributed by atoms with E-state index >= 15 is 0 Å². The van der Waals surface area contributed by atoms with Gasteiger partial charge in [0.2, 0.25) is 5.88 Å². The first-order valence-corrected chi connectivity index (χ1v) is 11.0. The summed E-state index contributed by atoms with van der Waals surface area (Å²) in [5.74, 6) is 1.67. The minimum absolute atomic E-state index is 0.0172. The van der Waals surface area contributed by atoms with Gasteiger partial charge < -0.3 is 14.8 Å². The van der Waals surface area contributed by atoms with Crippen LogP contribution in [0.15, 0.2) is 42.5 Å². The highest BCUT2D eigenvalue weighted by atomic mass is 16.5. The topological polar surface area (TPSA) is 77.5 Å². The van der Waals surface area contributed by atoms with Gasteiger partial charge >= 0.3 is 6.09 Å². The van der Waals surface area contributed by atoms with Gasteiger partial charge in [-0.05, 0) is 42.2 Å². The maximum absolute atomic E-state index is 12.9. The van der Waals surface area contributed by atoms with E-state index in [1.165, 1.54) is 0 Å². The molecule has 1 heterocycles. The molecule has 1 saturated carbocycles. The first kappa shape index (κ1) is 21.3. The number of Topliss-reactive ketones (excluding diaryl/α,β-unsaturated/α-hetero) is 1. The van der Waals surface area contributed by atoms with Crippen LogP contribution in [0, 0.1) is 17.8 Å². The third-order valence-electron chi connectivity index (χ3n) is 6.57. The summed E-state index contributed by atoms with van der Waals surface area (Å²) < 4.78 is 10.7. The van der Waals surface area contributed by atoms with Crippen molar-refractivity contribution in [1.29, 1.82) is 0 Å². The number of aromatic nitrogens is 1. The van der Waals surface area contributed by atoms with Gasteiger partial charge in [0.15, 0.2) is 0 Å². The first-order valence-electron chi connectivity index (χ1n) is 11.0. The number of nitrogens with one attached hydrogen (secondary N) is 1. The Hall–Kier alpha value is -2.89. The number of hydrogen-bond donors (Lipinski definition) is 1. The number of hydrogen-bond acceptors (Lipinski definition) is 5. The van der Waals surface area contributed by atoms with Crippen molar-refractivity contribution in [2.24, 2.45) is 17.8 Å². The van der Waals surface area contributed by atoms with E-state index in [-0.39, 0.29) is 18.4 Å². The van der Waals surface area contributed by atoms with E-state index in [1.54, 1.807) is 7.11 Å². The molecule has 2 aliphatic carbocycles. The van der Waals surface area contributed by atoms with Crippen LogP contribution in [-0.2, 0) is 22.6 Å². The van der Waals surface area contributed by atoms with E-state index in [4.69, 9.17) is 14.5 Å². The maximum Gasteiger partial charge on any atom is 0.407 e. The second-order valence-corrected chi connectivity index (χ2v) is 8.85. The zero-order valence-electron chi connectivity index (χ0n) is 18.2. The lowest BCUT2D eigenvalue weighted by Crippen LogP contribution is -2.35. The molecule has 0 bridgehead atoms. The molecule has 1 amide bonds. The minimum atomic E-state index is -0.448. The van der Waals surface area contributed by atoms with Crippen molar-refractivity contribution in [2.45, 2.75) is 45.1 Å². The number of nitrogens with zero attached hydrogens (tertiary/aromatic N) is 1. The van der Waals surface area contributed by atoms with Crippen molar-refractivity contribution in [1.82, 2.24) is 10.3 Å². The van der Waals surface area contributed by atoms with Gasteiger partial charge in [0, 0.05) is 36.6 Å². The predicted molar refractivity (Wildman–Crippen MR) is 117 cm³/mol. The van der Waals surface area contributed by atoms with Crippen LogP contribution in [0.1, 0.15) is 48.9 Å². The van der Waals surface area contributed by atoms with Crippen molar-refractivity contribution < 1.29 is 19.1 Å². The average molecular weight is 423 g/mol. The molecular weight excluding hydrogens is 392 g/mol. The molecular formula is C25H30N2O4. The van der Waals surface area contributed by atoms with E-state index in [0.717, 1.165) is 36.1 Å². The fraction of sp³-hybridized carbons (Fsp3) is 0.480. The molecule has 0 saturated heterocycles. The van der Waals surface area contributed by atoms with Crippen LogP contribution >= 0.6 is 0 Å². The van der Waals surface area contributed by atoms with Crippen molar-refractivity contribution in [3.8, 4) is 5.88 Å². The highest BCUT2D eigenvalue weighted by Crippen LogP contribution is 2.43. The van der Waals surface area contributed by atoms with Gasteiger partial charge in [-0.2, -0.15) is 0 Å². The van der Waals surface area contributed by atoms with Crippen molar-refractivity contribution in [3.05, 3.63) is 59.3 Å². The number of fused-ring (bicyclic) bond motifs is 2. The minimum Gasteiger partial charge on any atom is -0.481 e. The number of pyridine rings is 1. The largest absolute Gasteiger partial charge is 0.481 e. The second kappa shape index (κ2) is 9.50. The van der Waals surface area contributed by atoms with Gasteiger partial charge in [-0.25, -0.2) is 9.78 Å². The molecule has 2 aliphatic rings. The van der Waals surface area contributed by atoms with E-state index in [9.17, 15) is 9.59 Å². The summed E-state index contributed by atoms with van der Waals surface area (Å²) in [6.45, 7) is 2.80. The fourth-order valence-electron chi connectivity index (χ4n) is 5.07. The van der Waals surface area contributed by atoms with E-state index in [1.807, 2.05) is 42.5 Å². The number of ketones is 1. The molecule has 6 heteroatoms. The molecule has 4 rings (SSSR count). The Morgan fingerprint density at radius 1 is 1.13 bits per heavy atom. The number of carbonyl (C=O) groups excluding carboxylic acids is 2. The molecule has 1 N–H and O–H groups in total. The van der Waals surface area contributed by atoms with Crippen LogP contribution in [-0.4, -0.2) is 30.5 Å². The number of carbonyl (C=O) groups is 2. The third-order valence-corrected chi connectivity index (χ3v) is 6.57. The van der Waals surface area contributed by atoms with Gasteiger partial charge in [-0.3, -0.25) is 4.79 Å². The quantitative estimate of drug-likeness (QED) is 0.778. The van der Waals surface area contributed by atoms with Crippen LogP contribution < -0.4 is 10.1 Å². The fourth-order valence-corrected chi connectivity index (χ4v) is 5.07. The van der Waals surface area contributed by atoms with Gasteiger partial charge in [0.05, 0.1) is 7.11 Å². The molecule has 1 aromatic heterocycles. The van der Waals surface area contributed by atoms with E-state index in [2.05, 4.69) is 12.2 Å². The third kappa shape index (κ3) is 5.06. The summed E-state index contributed by atoms with van der Waals surface area (Å²) >= 11 is 0. The average Bonchev–Trinajstić information content (AvgIpc) is 2.93. The molecule has 0 unspecified atom stereocenters. The molecule has 31 heavy (non-hydrogen) atoms. The van der Waals surface area contributed by atoms with Gasteiger partial charge in [0.1, 0.15) is 12.4 Å². The SMILES string of the molecule is COc1ccc2c(n1)C[C@@H]1C[C@@H](C)CC(=O)[C@@H]1C[C@@H]2CNC(=O)OCc1ccccc1. The second-order valence-electron chi connectivity index (χ2n) is 8.85. The Morgan fingerprint density at radius 3 is 2.71 bits per heavy atom. The Morgan fingerprint density at radius 2 is 1.94 bits per heavy atom. The Balaban J connectivity index is 1.48. The van der Waals surface area contributed by atoms with Crippen LogP contribution in [0.2, 0.25) is 0 Å². The monoisotopic (exact) mass is 422 g/mol. The number of methoxy groups -OCH3 is 1. The maximum atomic E-state index is 12.9. The number of alkyl carbamates (subject to hydrolysis) is 1. The van der Waals surface area contributed by atoms with Crippen LogP contribution in [0.3, 0.4) is 0 Å². The van der Waals surface area contributed by atoms with Crippen molar-refractivity contribution in [2.75, 3.05) is 13.7 Å². The normalized spacial score (nSPS) is 25.0. The molecule has 1 aromatic carbocycles. The lowest BCUT2D eigenvalue weighted by Gasteiger charge is -2.33. The van der Waals surface area contributed by atoms with Gasteiger partial charge in [0.25, 0.3) is 0 Å². The number of rotatable bonds is 5. The summed E-state index contributed by atoms with van der Waals surface area (Å²) in [4.78, 5) is 29.9. The summed E-state index contributed by atoms with van der Waals surface area (Å²) in [5.41, 5.74) is 3.02. The standard InChI is InChI=1S/C25H30N2O4/c1-16-10-18-13-22-20(8-9-24(27-22)30-2)19(12-21(18)23(28)11-16)14-26-25(29)31-15-17-6-4-3-5-7-17/h3-9,16,18-19,21H,10-15H2,1-2H3,(H,26,29)/t16-,18+,19-,21-/m1/s1. The molecule has 164 valence electrons. The summed E-state index contributed by atoms with van der Waals surface area (Å²) in [6, 6.07) is 13.5. The van der Waals surface area contributed by atoms with Gasteiger partial charge in [-0.1, -0.05) is 43.3 Å². The molecule has 4 atom stereocenters. The van der Waals surface area contributed by atoms with Crippen LogP contribution in [0.4, 0.5) is 4.79 Å². The van der Waals surface area contributed by atoms with E-state index < -0.39 is 6.09 Å². The Bertz CT molecular complexity index is 930. The number of amides is 1. The summed E-state index contributed by atoms with van der Waals surface area (Å²) in [6.07, 6.45) is 2.75. The molecule has 0 aliphatic heterocycles.